The molecule has 0 atom stereocenters. The maximum Gasteiger partial charge on any atom is 0.162 e. The van der Waals surface area contributed by atoms with Gasteiger partial charge in [0, 0.05) is 61.6 Å². The van der Waals surface area contributed by atoms with Crippen LogP contribution in [0.2, 0.25) is 0 Å². The first-order valence-electron chi connectivity index (χ1n) is 10.5. The van der Waals surface area contributed by atoms with Gasteiger partial charge in [-0.3, -0.25) is 9.88 Å². The van der Waals surface area contributed by atoms with Gasteiger partial charge >= 0.3 is 0 Å². The highest BCUT2D eigenvalue weighted by Crippen LogP contribution is 2.36. The third-order valence-corrected chi connectivity index (χ3v) is 5.93. The number of hydrogen-bond acceptors (Lipinski definition) is 8. The van der Waals surface area contributed by atoms with Crippen molar-refractivity contribution in [3.8, 4) is 17.2 Å². The Morgan fingerprint density at radius 2 is 1.78 bits per heavy atom. The second kappa shape index (κ2) is 9.32. The van der Waals surface area contributed by atoms with Gasteiger partial charge in [-0.1, -0.05) is 11.2 Å². The smallest absolute Gasteiger partial charge is 0.162 e. The fraction of sp³-hybridized carbons (Fsp3) is 0.333. The summed E-state index contributed by atoms with van der Waals surface area (Å²) in [5.41, 5.74) is 4.38. The van der Waals surface area contributed by atoms with Crippen LogP contribution in [0.3, 0.4) is 0 Å². The molecule has 0 spiro atoms. The van der Waals surface area contributed by atoms with Crippen LogP contribution in [0.4, 0.5) is 5.69 Å². The van der Waals surface area contributed by atoms with E-state index in [1.165, 1.54) is 6.21 Å². The molecule has 0 unspecified atom stereocenters. The SMILES string of the molecule is COc1cc2nccc(N3CCN(Cc4cc(C)c(O)c(C=NO)c4)CC3)c2cc1OC. The lowest BCUT2D eigenvalue weighted by atomic mass is 10.0. The molecule has 1 aromatic heterocycles. The van der Waals surface area contributed by atoms with E-state index >= 15 is 0 Å². The Balaban J connectivity index is 1.50. The lowest BCUT2D eigenvalue weighted by molar-refractivity contribution is 0.250. The Kier molecular flexibility index (Phi) is 6.32. The van der Waals surface area contributed by atoms with Gasteiger partial charge in [0.1, 0.15) is 5.75 Å². The van der Waals surface area contributed by atoms with Gasteiger partial charge in [-0.15, -0.1) is 0 Å². The number of aryl methyl sites for hydroxylation is 1. The van der Waals surface area contributed by atoms with E-state index in [1.54, 1.807) is 14.2 Å². The first kappa shape index (κ1) is 21.7. The van der Waals surface area contributed by atoms with E-state index in [0.29, 0.717) is 17.1 Å². The monoisotopic (exact) mass is 436 g/mol. The average molecular weight is 437 g/mol. The summed E-state index contributed by atoms with van der Waals surface area (Å²) in [4.78, 5) is 9.27. The van der Waals surface area contributed by atoms with E-state index in [0.717, 1.165) is 60.4 Å². The number of benzene rings is 2. The number of phenols is 1. The van der Waals surface area contributed by atoms with Crippen LogP contribution >= 0.6 is 0 Å². The number of aromatic hydroxyl groups is 1. The zero-order valence-electron chi connectivity index (χ0n) is 18.6. The van der Waals surface area contributed by atoms with Crippen molar-refractivity contribution in [2.75, 3.05) is 45.3 Å². The molecule has 2 aromatic carbocycles. The molecule has 0 radical (unpaired) electrons. The number of nitrogens with zero attached hydrogens (tertiary/aromatic N) is 4. The first-order chi connectivity index (χ1) is 15.5. The predicted octanol–water partition coefficient (Wildman–Crippen LogP) is 3.40. The van der Waals surface area contributed by atoms with E-state index < -0.39 is 0 Å². The summed E-state index contributed by atoms with van der Waals surface area (Å²) in [7, 11) is 3.27. The highest BCUT2D eigenvalue weighted by molar-refractivity contribution is 5.94. The van der Waals surface area contributed by atoms with Gasteiger partial charge < -0.3 is 24.7 Å². The van der Waals surface area contributed by atoms with Gasteiger partial charge in [0.05, 0.1) is 26.0 Å². The number of pyridine rings is 1. The Bertz CT molecular complexity index is 1140. The van der Waals surface area contributed by atoms with E-state index in [1.807, 2.05) is 43.5 Å². The molecule has 1 aliphatic rings. The van der Waals surface area contributed by atoms with Crippen LogP contribution in [0.1, 0.15) is 16.7 Å². The molecule has 2 heterocycles. The van der Waals surface area contributed by atoms with Crippen LogP contribution in [0.5, 0.6) is 17.2 Å². The Labute approximate surface area is 187 Å². The maximum absolute atomic E-state index is 10.1. The van der Waals surface area contributed by atoms with Gasteiger partial charge in [-0.25, -0.2) is 0 Å². The summed E-state index contributed by atoms with van der Waals surface area (Å²) in [5, 5.41) is 23.1. The van der Waals surface area contributed by atoms with E-state index in [-0.39, 0.29) is 5.75 Å². The molecule has 2 N–H and O–H groups in total. The van der Waals surface area contributed by atoms with Crippen molar-refractivity contribution in [2.24, 2.45) is 5.16 Å². The minimum atomic E-state index is 0.146. The highest BCUT2D eigenvalue weighted by Gasteiger charge is 2.20. The quantitative estimate of drug-likeness (QED) is 0.348. The Morgan fingerprint density at radius 3 is 2.47 bits per heavy atom. The summed E-state index contributed by atoms with van der Waals surface area (Å²) in [5.74, 6) is 1.51. The fourth-order valence-corrected chi connectivity index (χ4v) is 4.27. The topological polar surface area (TPSA) is 90.7 Å². The summed E-state index contributed by atoms with van der Waals surface area (Å²) >= 11 is 0. The number of phenolic OH excluding ortho intramolecular Hbond substituents is 1. The van der Waals surface area contributed by atoms with Gasteiger partial charge in [-0.05, 0) is 36.2 Å². The van der Waals surface area contributed by atoms with Crippen molar-refractivity contribution < 1.29 is 19.8 Å². The summed E-state index contributed by atoms with van der Waals surface area (Å²) in [6, 6.07) is 9.80. The van der Waals surface area contributed by atoms with E-state index in [4.69, 9.17) is 14.7 Å². The second-order valence-corrected chi connectivity index (χ2v) is 7.91. The van der Waals surface area contributed by atoms with Crippen molar-refractivity contribution in [2.45, 2.75) is 13.5 Å². The molecule has 3 aromatic rings. The van der Waals surface area contributed by atoms with Crippen LogP contribution in [0, 0.1) is 6.92 Å². The molecule has 1 aliphatic heterocycles. The number of methoxy groups -OCH3 is 2. The molecule has 168 valence electrons. The third-order valence-electron chi connectivity index (χ3n) is 5.93. The van der Waals surface area contributed by atoms with Gasteiger partial charge in [-0.2, -0.15) is 0 Å². The summed E-state index contributed by atoms with van der Waals surface area (Å²) < 4.78 is 10.9. The summed E-state index contributed by atoms with van der Waals surface area (Å²) in [6.07, 6.45) is 3.10. The van der Waals surface area contributed by atoms with Gasteiger partial charge in [0.25, 0.3) is 0 Å². The lowest BCUT2D eigenvalue weighted by Gasteiger charge is -2.36. The van der Waals surface area contributed by atoms with Crippen molar-refractivity contribution in [1.29, 1.82) is 0 Å². The predicted molar refractivity (Wildman–Crippen MR) is 125 cm³/mol. The molecule has 0 amide bonds. The number of aromatic nitrogens is 1. The second-order valence-electron chi connectivity index (χ2n) is 7.91. The average Bonchev–Trinajstić information content (AvgIpc) is 2.81. The molecule has 1 saturated heterocycles. The first-order valence-corrected chi connectivity index (χ1v) is 10.5. The molecule has 32 heavy (non-hydrogen) atoms. The molecule has 0 aliphatic carbocycles. The van der Waals surface area contributed by atoms with Crippen molar-refractivity contribution in [1.82, 2.24) is 9.88 Å². The highest BCUT2D eigenvalue weighted by atomic mass is 16.5. The lowest BCUT2D eigenvalue weighted by Crippen LogP contribution is -2.46. The number of ether oxygens (including phenoxy) is 2. The number of anilines is 1. The maximum atomic E-state index is 10.1. The number of fused-ring (bicyclic) bond motifs is 1. The van der Waals surface area contributed by atoms with Crippen LogP contribution < -0.4 is 14.4 Å². The Hall–Kier alpha value is -3.52. The molecule has 0 bridgehead atoms. The number of hydrogen-bond donors (Lipinski definition) is 2. The van der Waals surface area contributed by atoms with Crippen LogP contribution in [0.25, 0.3) is 10.9 Å². The fourth-order valence-electron chi connectivity index (χ4n) is 4.27. The zero-order valence-corrected chi connectivity index (χ0v) is 18.6. The van der Waals surface area contributed by atoms with Crippen LogP contribution in [0.15, 0.2) is 41.7 Å². The number of rotatable bonds is 6. The minimum Gasteiger partial charge on any atom is -0.507 e. The van der Waals surface area contributed by atoms with Gasteiger partial charge in [0.2, 0.25) is 0 Å². The van der Waals surface area contributed by atoms with E-state index in [9.17, 15) is 5.11 Å². The van der Waals surface area contributed by atoms with Crippen molar-refractivity contribution in [3.63, 3.8) is 0 Å². The number of piperazine rings is 1. The van der Waals surface area contributed by atoms with Crippen LogP contribution in [-0.2, 0) is 6.54 Å². The standard InChI is InChI=1S/C24H28N4O4/c1-16-10-17(11-18(14-26-30)24(16)29)15-27-6-8-28(9-7-27)21-4-5-25-20-13-23(32-3)22(31-2)12-19(20)21/h4-5,10-14,29-30H,6-9,15H2,1-3H3. The summed E-state index contributed by atoms with van der Waals surface area (Å²) in [6.45, 7) is 6.19. The van der Waals surface area contributed by atoms with E-state index in [2.05, 4.69) is 19.9 Å². The molecule has 4 rings (SSSR count). The van der Waals surface area contributed by atoms with Crippen molar-refractivity contribution >= 4 is 22.8 Å². The molecule has 8 nitrogen and oxygen atoms in total. The molecule has 1 fully saturated rings. The number of oxime groups is 1. The molecular weight excluding hydrogens is 408 g/mol. The Morgan fingerprint density at radius 1 is 1.06 bits per heavy atom. The molecule has 8 heteroatoms. The normalized spacial score (nSPS) is 14.9. The largest absolute Gasteiger partial charge is 0.507 e. The third kappa shape index (κ3) is 4.27. The van der Waals surface area contributed by atoms with Crippen LogP contribution in [-0.4, -0.2) is 66.8 Å². The minimum absolute atomic E-state index is 0.146. The zero-order chi connectivity index (χ0) is 22.7. The molecule has 0 saturated carbocycles. The van der Waals surface area contributed by atoms with Gasteiger partial charge in [0.15, 0.2) is 11.5 Å². The molecular formula is C24H28N4O4. The van der Waals surface area contributed by atoms with Crippen molar-refractivity contribution in [3.05, 3.63) is 53.2 Å².